The summed E-state index contributed by atoms with van der Waals surface area (Å²) in [4.78, 5) is 46.5. The highest BCUT2D eigenvalue weighted by Gasteiger charge is 2.36. The Labute approximate surface area is 281 Å². The minimum Gasteiger partial charge on any atom is -0.497 e. The number of likely N-dealkylation sites (N-methyl/N-ethyl adjacent to an activating group) is 1. The van der Waals surface area contributed by atoms with E-state index >= 15 is 0 Å². The van der Waals surface area contributed by atoms with Crippen molar-refractivity contribution in [1.82, 2.24) is 9.47 Å². The molecule has 11 nitrogen and oxygen atoms in total. The SMILES string of the molecule is CCN(CC)C(=O)C1=C(C)N=c2s/c(=C/c3ccc(OCc4cccc(C(=O)O)c4)c(OC)c3)c(=O)n2[C@@H]1c1cc(OC)ccc1OC. The highest BCUT2D eigenvalue weighted by atomic mass is 32.1. The maximum Gasteiger partial charge on any atom is 0.335 e. The van der Waals surface area contributed by atoms with E-state index in [1.807, 2.05) is 13.8 Å². The Morgan fingerprint density at radius 1 is 0.958 bits per heavy atom. The van der Waals surface area contributed by atoms with Crippen LogP contribution in [0, 0.1) is 0 Å². The summed E-state index contributed by atoms with van der Waals surface area (Å²) in [5.41, 5.74) is 2.75. The number of benzene rings is 3. The van der Waals surface area contributed by atoms with Gasteiger partial charge in [-0.3, -0.25) is 14.2 Å². The second-order valence-electron chi connectivity index (χ2n) is 10.9. The number of amides is 1. The number of carboxylic acids is 1. The van der Waals surface area contributed by atoms with Gasteiger partial charge in [-0.1, -0.05) is 29.5 Å². The van der Waals surface area contributed by atoms with E-state index in [1.54, 1.807) is 91.3 Å². The van der Waals surface area contributed by atoms with Crippen LogP contribution in [0.1, 0.15) is 53.9 Å². The number of rotatable bonds is 12. The molecular formula is C36H37N3O8S. The highest BCUT2D eigenvalue weighted by Crippen LogP contribution is 2.38. The van der Waals surface area contributed by atoms with Crippen molar-refractivity contribution < 1.29 is 33.6 Å². The summed E-state index contributed by atoms with van der Waals surface area (Å²) in [7, 11) is 4.62. The zero-order valence-electron chi connectivity index (χ0n) is 27.6. The summed E-state index contributed by atoms with van der Waals surface area (Å²) in [6.45, 7) is 6.74. The molecule has 12 heteroatoms. The predicted octanol–water partition coefficient (Wildman–Crippen LogP) is 4.41. The van der Waals surface area contributed by atoms with Gasteiger partial charge in [-0.05, 0) is 80.4 Å². The first-order valence-corrected chi connectivity index (χ1v) is 16.1. The van der Waals surface area contributed by atoms with Crippen LogP contribution >= 0.6 is 11.3 Å². The van der Waals surface area contributed by atoms with Crippen molar-refractivity contribution in [2.45, 2.75) is 33.4 Å². The number of carbonyl (C=O) groups is 2. The van der Waals surface area contributed by atoms with Crippen molar-refractivity contribution in [2.24, 2.45) is 4.99 Å². The molecule has 1 N–H and O–H groups in total. The van der Waals surface area contributed by atoms with E-state index in [0.29, 0.717) is 73.4 Å². The summed E-state index contributed by atoms with van der Waals surface area (Å²) < 4.78 is 24.8. The second kappa shape index (κ2) is 14.6. The van der Waals surface area contributed by atoms with Crippen molar-refractivity contribution in [3.05, 3.63) is 114 Å². The Bertz CT molecular complexity index is 2080. The van der Waals surface area contributed by atoms with Crippen molar-refractivity contribution in [2.75, 3.05) is 34.4 Å². The molecule has 1 atom stereocenters. The monoisotopic (exact) mass is 671 g/mol. The lowest BCUT2D eigenvalue weighted by Gasteiger charge is -2.30. The Kier molecular flexibility index (Phi) is 10.3. The summed E-state index contributed by atoms with van der Waals surface area (Å²) in [6.07, 6.45) is 1.75. The highest BCUT2D eigenvalue weighted by molar-refractivity contribution is 7.07. The fraction of sp³-hybridized carbons (Fsp3) is 0.278. The Morgan fingerprint density at radius 2 is 1.69 bits per heavy atom. The molecular weight excluding hydrogens is 634 g/mol. The number of fused-ring (bicyclic) bond motifs is 1. The van der Waals surface area contributed by atoms with Crippen LogP contribution in [0.5, 0.6) is 23.0 Å². The van der Waals surface area contributed by atoms with E-state index in [2.05, 4.69) is 0 Å². The van der Waals surface area contributed by atoms with Crippen LogP contribution in [0.15, 0.2) is 81.7 Å². The van der Waals surface area contributed by atoms with Crippen molar-refractivity contribution in [3.63, 3.8) is 0 Å². The number of carboxylic acid groups (broad SMARTS) is 1. The lowest BCUT2D eigenvalue weighted by Crippen LogP contribution is -2.43. The zero-order valence-corrected chi connectivity index (χ0v) is 28.4. The summed E-state index contributed by atoms with van der Waals surface area (Å²) >= 11 is 1.22. The van der Waals surface area contributed by atoms with Crippen molar-refractivity contribution in [3.8, 4) is 23.0 Å². The lowest BCUT2D eigenvalue weighted by atomic mass is 9.93. The van der Waals surface area contributed by atoms with Gasteiger partial charge in [0.05, 0.1) is 42.7 Å². The number of methoxy groups -OCH3 is 3. The molecule has 0 saturated carbocycles. The first kappa shape index (κ1) is 34.0. The van der Waals surface area contributed by atoms with E-state index in [4.69, 9.17) is 23.9 Å². The van der Waals surface area contributed by atoms with E-state index in [1.165, 1.54) is 24.5 Å². The Hall–Kier alpha value is -5.36. The lowest BCUT2D eigenvalue weighted by molar-refractivity contribution is -0.127. The molecule has 4 aromatic rings. The number of allylic oxidation sites excluding steroid dienone is 1. The standard InChI is InChI=1S/C36H37N3O8S/c1-7-38(8-2)34(41)31-21(3)37-36-39(32(31)26-19-25(44-4)13-15-27(26)45-5)33(40)30(48-36)18-22-12-14-28(29(17-22)46-6)47-20-23-10-9-11-24(16-23)35(42)43/h9-19,32H,7-8,20H2,1-6H3,(H,42,43)/b30-18+/t32-/m1/s1. The molecule has 0 aliphatic carbocycles. The maximum absolute atomic E-state index is 14.3. The van der Waals surface area contributed by atoms with E-state index < -0.39 is 12.0 Å². The smallest absolute Gasteiger partial charge is 0.335 e. The molecule has 0 unspecified atom stereocenters. The molecule has 3 aromatic carbocycles. The van der Waals surface area contributed by atoms with Crippen LogP contribution < -0.4 is 33.8 Å². The van der Waals surface area contributed by atoms with Crippen LogP contribution in [0.25, 0.3) is 6.08 Å². The molecule has 1 amide bonds. The average Bonchev–Trinajstić information content (AvgIpc) is 3.40. The molecule has 1 aromatic heterocycles. The van der Waals surface area contributed by atoms with E-state index in [-0.39, 0.29) is 23.6 Å². The third-order valence-corrected chi connectivity index (χ3v) is 9.07. The zero-order chi connectivity index (χ0) is 34.5. The van der Waals surface area contributed by atoms with Crippen LogP contribution in [-0.2, 0) is 11.4 Å². The number of hydrogen-bond acceptors (Lipinski definition) is 9. The van der Waals surface area contributed by atoms with Gasteiger partial charge in [-0.2, -0.15) is 0 Å². The molecule has 1 aliphatic rings. The number of hydrogen-bond donors (Lipinski definition) is 1. The first-order chi connectivity index (χ1) is 23.1. The number of aromatic nitrogens is 1. The third kappa shape index (κ3) is 6.70. The molecule has 2 heterocycles. The molecule has 0 radical (unpaired) electrons. The average molecular weight is 672 g/mol. The molecule has 0 fully saturated rings. The molecule has 0 bridgehead atoms. The molecule has 48 heavy (non-hydrogen) atoms. The normalized spacial score (nSPS) is 14.2. The fourth-order valence-corrected chi connectivity index (χ4v) is 6.67. The van der Waals surface area contributed by atoms with E-state index in [9.17, 15) is 19.5 Å². The molecule has 0 spiro atoms. The van der Waals surface area contributed by atoms with Gasteiger partial charge in [0.15, 0.2) is 16.3 Å². The minimum atomic E-state index is -1.01. The van der Waals surface area contributed by atoms with Crippen LogP contribution in [0.4, 0.5) is 0 Å². The van der Waals surface area contributed by atoms with Gasteiger partial charge in [-0.15, -0.1) is 0 Å². The van der Waals surface area contributed by atoms with Gasteiger partial charge >= 0.3 is 5.97 Å². The second-order valence-corrected chi connectivity index (χ2v) is 11.9. The minimum absolute atomic E-state index is 0.136. The quantitative estimate of drug-likeness (QED) is 0.235. The van der Waals surface area contributed by atoms with Crippen LogP contribution in [-0.4, -0.2) is 60.9 Å². The molecule has 250 valence electrons. The number of carbonyl (C=O) groups excluding carboxylic acids is 1. The number of nitrogens with zero attached hydrogens (tertiary/aromatic N) is 3. The molecule has 0 saturated heterocycles. The third-order valence-electron chi connectivity index (χ3n) is 8.09. The van der Waals surface area contributed by atoms with Gasteiger partial charge in [0.2, 0.25) is 0 Å². The Morgan fingerprint density at radius 3 is 2.35 bits per heavy atom. The van der Waals surface area contributed by atoms with Crippen molar-refractivity contribution >= 4 is 29.3 Å². The summed E-state index contributed by atoms with van der Waals surface area (Å²) in [5, 5.41) is 9.29. The van der Waals surface area contributed by atoms with Crippen LogP contribution in [0.3, 0.4) is 0 Å². The number of aromatic carboxylic acids is 1. The summed E-state index contributed by atoms with van der Waals surface area (Å²) in [5.74, 6) is 0.733. The van der Waals surface area contributed by atoms with Gasteiger partial charge < -0.3 is 29.0 Å². The van der Waals surface area contributed by atoms with Gasteiger partial charge in [0, 0.05) is 18.7 Å². The summed E-state index contributed by atoms with van der Waals surface area (Å²) in [6, 6.07) is 16.3. The van der Waals surface area contributed by atoms with Gasteiger partial charge in [0.25, 0.3) is 11.5 Å². The van der Waals surface area contributed by atoms with Gasteiger partial charge in [0.1, 0.15) is 24.1 Å². The van der Waals surface area contributed by atoms with Crippen molar-refractivity contribution in [1.29, 1.82) is 0 Å². The predicted molar refractivity (Wildman–Crippen MR) is 182 cm³/mol. The first-order valence-electron chi connectivity index (χ1n) is 15.3. The van der Waals surface area contributed by atoms with Crippen LogP contribution in [0.2, 0.25) is 0 Å². The molecule has 5 rings (SSSR count). The number of thiazole rings is 1. The van der Waals surface area contributed by atoms with E-state index in [0.717, 1.165) is 0 Å². The Balaban J connectivity index is 1.58. The van der Waals surface area contributed by atoms with Gasteiger partial charge in [-0.25, -0.2) is 9.79 Å². The maximum atomic E-state index is 14.3. The molecule has 1 aliphatic heterocycles. The number of ether oxygens (including phenoxy) is 4. The topological polar surface area (TPSA) is 129 Å². The fourth-order valence-electron chi connectivity index (χ4n) is 5.62. The largest absolute Gasteiger partial charge is 0.497 e.